The van der Waals surface area contributed by atoms with Gasteiger partial charge >= 0.3 is 0 Å². The summed E-state index contributed by atoms with van der Waals surface area (Å²) in [6, 6.07) is 11.3. The van der Waals surface area contributed by atoms with Crippen LogP contribution in [-0.4, -0.2) is 15.1 Å². The Morgan fingerprint density at radius 1 is 1.20 bits per heavy atom. The molecule has 0 aliphatic heterocycles. The molecule has 6 heteroatoms. The van der Waals surface area contributed by atoms with Crippen LogP contribution in [0.2, 0.25) is 0 Å². The lowest BCUT2D eigenvalue weighted by Crippen LogP contribution is -1.86. The molecule has 0 radical (unpaired) electrons. The predicted molar refractivity (Wildman–Crippen MR) is 67.6 cm³/mol. The summed E-state index contributed by atoms with van der Waals surface area (Å²) in [7, 11) is 0. The van der Waals surface area contributed by atoms with Gasteiger partial charge in [-0.1, -0.05) is 17.3 Å². The van der Waals surface area contributed by atoms with Crippen molar-refractivity contribution in [2.24, 2.45) is 0 Å². The Bertz CT molecular complexity index is 807. The van der Waals surface area contributed by atoms with Gasteiger partial charge < -0.3 is 4.52 Å². The summed E-state index contributed by atoms with van der Waals surface area (Å²) in [6.07, 6.45) is 1.47. The minimum Gasteiger partial charge on any atom is -0.334 e. The van der Waals surface area contributed by atoms with E-state index in [1.807, 2.05) is 6.07 Å². The van der Waals surface area contributed by atoms with Gasteiger partial charge in [-0.15, -0.1) is 0 Å². The average molecular weight is 266 g/mol. The summed E-state index contributed by atoms with van der Waals surface area (Å²) in [5, 5.41) is 12.5. The normalized spacial score (nSPS) is 10.2. The monoisotopic (exact) mass is 266 g/mol. The first-order valence-corrected chi connectivity index (χ1v) is 5.73. The summed E-state index contributed by atoms with van der Waals surface area (Å²) in [4.78, 5) is 7.98. The zero-order valence-corrected chi connectivity index (χ0v) is 10.1. The van der Waals surface area contributed by atoms with Crippen LogP contribution in [0.3, 0.4) is 0 Å². The SMILES string of the molecule is N#Cc1cc(-c2nc(-c3ccccc3F)no2)ccn1. The molecule has 2 heterocycles. The van der Waals surface area contributed by atoms with E-state index in [4.69, 9.17) is 9.78 Å². The van der Waals surface area contributed by atoms with Gasteiger partial charge in [0.05, 0.1) is 5.56 Å². The molecule has 0 aliphatic carbocycles. The van der Waals surface area contributed by atoms with Gasteiger partial charge in [-0.2, -0.15) is 10.2 Å². The van der Waals surface area contributed by atoms with Crippen molar-refractivity contribution in [1.82, 2.24) is 15.1 Å². The third-order valence-corrected chi connectivity index (χ3v) is 2.66. The van der Waals surface area contributed by atoms with Crippen molar-refractivity contribution >= 4 is 0 Å². The molecule has 0 saturated heterocycles. The molecule has 0 unspecified atom stereocenters. The summed E-state index contributed by atoms with van der Waals surface area (Å²) < 4.78 is 18.7. The van der Waals surface area contributed by atoms with Crippen molar-refractivity contribution in [3.8, 4) is 28.9 Å². The molecule has 5 nitrogen and oxygen atoms in total. The van der Waals surface area contributed by atoms with E-state index < -0.39 is 5.82 Å². The van der Waals surface area contributed by atoms with E-state index in [-0.39, 0.29) is 23.0 Å². The highest BCUT2D eigenvalue weighted by Crippen LogP contribution is 2.23. The van der Waals surface area contributed by atoms with Crippen molar-refractivity contribution in [2.75, 3.05) is 0 Å². The smallest absolute Gasteiger partial charge is 0.258 e. The molecular weight excluding hydrogens is 259 g/mol. The molecule has 0 saturated carbocycles. The molecule has 0 spiro atoms. The highest BCUT2D eigenvalue weighted by molar-refractivity contribution is 5.60. The standard InChI is InChI=1S/C14H7FN4O/c15-12-4-2-1-3-11(12)13-18-14(20-19-13)9-5-6-17-10(7-9)8-16/h1-7H. The van der Waals surface area contributed by atoms with Gasteiger partial charge in [0.1, 0.15) is 17.6 Å². The van der Waals surface area contributed by atoms with Crippen molar-refractivity contribution in [1.29, 1.82) is 5.26 Å². The van der Waals surface area contributed by atoms with E-state index in [1.54, 1.807) is 24.3 Å². The number of rotatable bonds is 2. The molecule has 3 aromatic rings. The number of nitriles is 1. The largest absolute Gasteiger partial charge is 0.334 e. The van der Waals surface area contributed by atoms with Gasteiger partial charge in [0.15, 0.2) is 0 Å². The Morgan fingerprint density at radius 3 is 2.85 bits per heavy atom. The number of halogens is 1. The molecule has 3 rings (SSSR count). The van der Waals surface area contributed by atoms with Crippen LogP contribution in [0.15, 0.2) is 47.1 Å². The van der Waals surface area contributed by atoms with Crippen molar-refractivity contribution < 1.29 is 8.91 Å². The molecule has 20 heavy (non-hydrogen) atoms. The van der Waals surface area contributed by atoms with Crippen LogP contribution >= 0.6 is 0 Å². The first-order chi connectivity index (χ1) is 9.78. The fraction of sp³-hybridized carbons (Fsp3) is 0. The fourth-order valence-electron chi connectivity index (χ4n) is 1.72. The highest BCUT2D eigenvalue weighted by Gasteiger charge is 2.13. The van der Waals surface area contributed by atoms with Crippen LogP contribution in [-0.2, 0) is 0 Å². The average Bonchev–Trinajstić information content (AvgIpc) is 2.97. The number of aromatic nitrogens is 3. The summed E-state index contributed by atoms with van der Waals surface area (Å²) in [6.45, 7) is 0. The molecular formula is C14H7FN4O. The highest BCUT2D eigenvalue weighted by atomic mass is 19.1. The lowest BCUT2D eigenvalue weighted by atomic mass is 10.2. The summed E-state index contributed by atoms with van der Waals surface area (Å²) >= 11 is 0. The first kappa shape index (κ1) is 12.0. The molecule has 0 atom stereocenters. The van der Waals surface area contributed by atoms with E-state index in [1.165, 1.54) is 18.3 Å². The van der Waals surface area contributed by atoms with Gasteiger partial charge in [0, 0.05) is 11.8 Å². The van der Waals surface area contributed by atoms with E-state index in [9.17, 15) is 4.39 Å². The number of hydrogen-bond donors (Lipinski definition) is 0. The van der Waals surface area contributed by atoms with Crippen LogP contribution in [0.4, 0.5) is 4.39 Å². The van der Waals surface area contributed by atoms with E-state index in [0.29, 0.717) is 5.56 Å². The molecule has 0 bridgehead atoms. The summed E-state index contributed by atoms with van der Waals surface area (Å²) in [5.74, 6) is -0.0529. The third kappa shape index (κ3) is 2.12. The maximum atomic E-state index is 13.6. The Morgan fingerprint density at radius 2 is 2.05 bits per heavy atom. The Hall–Kier alpha value is -3.07. The molecule has 0 N–H and O–H groups in total. The van der Waals surface area contributed by atoms with Crippen LogP contribution in [0.25, 0.3) is 22.8 Å². The maximum absolute atomic E-state index is 13.6. The van der Waals surface area contributed by atoms with Crippen LogP contribution < -0.4 is 0 Å². The second kappa shape index (κ2) is 4.90. The van der Waals surface area contributed by atoms with Gasteiger partial charge in [-0.05, 0) is 24.3 Å². The lowest BCUT2D eigenvalue weighted by Gasteiger charge is -1.95. The number of pyridine rings is 1. The zero-order chi connectivity index (χ0) is 13.9. The van der Waals surface area contributed by atoms with Crippen molar-refractivity contribution in [2.45, 2.75) is 0 Å². The number of nitrogens with zero attached hydrogens (tertiary/aromatic N) is 4. The van der Waals surface area contributed by atoms with Gasteiger partial charge in [0.25, 0.3) is 5.89 Å². The minimum absolute atomic E-state index is 0.161. The van der Waals surface area contributed by atoms with Gasteiger partial charge in [-0.25, -0.2) is 9.37 Å². The van der Waals surface area contributed by atoms with E-state index >= 15 is 0 Å². The molecule has 0 aliphatic rings. The molecule has 0 fully saturated rings. The van der Waals surface area contributed by atoms with E-state index in [2.05, 4.69) is 15.1 Å². The topological polar surface area (TPSA) is 75.6 Å². The maximum Gasteiger partial charge on any atom is 0.258 e. The van der Waals surface area contributed by atoms with E-state index in [0.717, 1.165) is 0 Å². The Labute approximate surface area is 113 Å². The number of benzene rings is 1. The number of hydrogen-bond acceptors (Lipinski definition) is 5. The minimum atomic E-state index is -0.424. The molecule has 1 aromatic carbocycles. The Balaban J connectivity index is 2.02. The predicted octanol–water partition coefficient (Wildman–Crippen LogP) is 2.81. The molecule has 2 aromatic heterocycles. The van der Waals surface area contributed by atoms with Crippen LogP contribution in [0.1, 0.15) is 5.69 Å². The third-order valence-electron chi connectivity index (χ3n) is 2.66. The van der Waals surface area contributed by atoms with Crippen molar-refractivity contribution in [3.63, 3.8) is 0 Å². The first-order valence-electron chi connectivity index (χ1n) is 5.73. The fourth-order valence-corrected chi connectivity index (χ4v) is 1.72. The van der Waals surface area contributed by atoms with Gasteiger partial charge in [-0.3, -0.25) is 0 Å². The lowest BCUT2D eigenvalue weighted by molar-refractivity contribution is 0.432. The second-order valence-electron chi connectivity index (χ2n) is 3.94. The van der Waals surface area contributed by atoms with Crippen molar-refractivity contribution in [3.05, 3.63) is 54.1 Å². The summed E-state index contributed by atoms with van der Waals surface area (Å²) in [5.41, 5.74) is 1.07. The molecule has 96 valence electrons. The van der Waals surface area contributed by atoms with Crippen LogP contribution in [0.5, 0.6) is 0 Å². The van der Waals surface area contributed by atoms with Crippen LogP contribution in [0, 0.1) is 17.1 Å². The Kier molecular flexibility index (Phi) is 2.94. The van der Waals surface area contributed by atoms with Gasteiger partial charge in [0.2, 0.25) is 5.82 Å². The molecule has 0 amide bonds. The quantitative estimate of drug-likeness (QED) is 0.712. The zero-order valence-electron chi connectivity index (χ0n) is 10.1. The second-order valence-corrected chi connectivity index (χ2v) is 3.94.